The van der Waals surface area contributed by atoms with Gasteiger partial charge in [0.25, 0.3) is 5.91 Å². The average molecular weight is 194 g/mol. The molecule has 0 bridgehead atoms. The van der Waals surface area contributed by atoms with Gasteiger partial charge in [0.15, 0.2) is 0 Å². The molecule has 0 radical (unpaired) electrons. The Labute approximate surface area is 83.0 Å². The van der Waals surface area contributed by atoms with Crippen LogP contribution in [0.5, 0.6) is 0 Å². The van der Waals surface area contributed by atoms with E-state index in [4.69, 9.17) is 0 Å². The third-order valence-electron chi connectivity index (χ3n) is 2.02. The van der Waals surface area contributed by atoms with Crippen molar-refractivity contribution in [3.8, 4) is 0 Å². The Hall–Kier alpha value is -1.42. The number of aliphatic hydroxyl groups excluding tert-OH is 1. The molecule has 1 amide bonds. The van der Waals surface area contributed by atoms with Crippen LogP contribution in [0.15, 0.2) is 24.5 Å². The largest absolute Gasteiger partial charge is 0.391 e. The van der Waals surface area contributed by atoms with Crippen molar-refractivity contribution in [1.82, 2.24) is 10.3 Å². The molecular weight excluding hydrogens is 180 g/mol. The van der Waals surface area contributed by atoms with Gasteiger partial charge in [0.05, 0.1) is 12.1 Å². The second kappa shape index (κ2) is 4.72. The van der Waals surface area contributed by atoms with Crippen molar-refractivity contribution in [1.29, 1.82) is 0 Å². The minimum absolute atomic E-state index is 0.194. The van der Waals surface area contributed by atoms with E-state index in [9.17, 15) is 9.90 Å². The lowest BCUT2D eigenvalue weighted by molar-refractivity contribution is 0.0873. The van der Waals surface area contributed by atoms with E-state index in [2.05, 4.69) is 10.3 Å². The predicted octanol–water partition coefficient (Wildman–Crippen LogP) is 0.581. The number of amides is 1. The van der Waals surface area contributed by atoms with Gasteiger partial charge in [-0.15, -0.1) is 0 Å². The summed E-state index contributed by atoms with van der Waals surface area (Å²) >= 11 is 0. The Morgan fingerprint density at radius 3 is 2.50 bits per heavy atom. The molecule has 1 aromatic heterocycles. The summed E-state index contributed by atoms with van der Waals surface area (Å²) in [5.74, 6) is -0.194. The number of pyridine rings is 1. The van der Waals surface area contributed by atoms with Crippen LogP contribution in [0.25, 0.3) is 0 Å². The highest BCUT2D eigenvalue weighted by molar-refractivity contribution is 5.94. The van der Waals surface area contributed by atoms with Crippen LogP contribution in [0, 0.1) is 0 Å². The maximum Gasteiger partial charge on any atom is 0.251 e. The van der Waals surface area contributed by atoms with Crippen molar-refractivity contribution in [2.24, 2.45) is 0 Å². The molecule has 0 aromatic carbocycles. The lowest BCUT2D eigenvalue weighted by Gasteiger charge is -2.16. The standard InChI is InChI=1S/C10H14N2O2/c1-7(8(2)13)12-10(14)9-3-5-11-6-4-9/h3-8,13H,1-2H3,(H,12,14). The van der Waals surface area contributed by atoms with E-state index in [0.29, 0.717) is 5.56 Å². The van der Waals surface area contributed by atoms with Crippen LogP contribution in [0.3, 0.4) is 0 Å². The number of hydrogen-bond donors (Lipinski definition) is 2. The van der Waals surface area contributed by atoms with Crippen LogP contribution in [-0.4, -0.2) is 28.1 Å². The molecule has 0 aliphatic carbocycles. The van der Waals surface area contributed by atoms with Crippen LogP contribution in [0.1, 0.15) is 24.2 Å². The molecule has 14 heavy (non-hydrogen) atoms. The van der Waals surface area contributed by atoms with Gasteiger partial charge in [0.1, 0.15) is 0 Å². The van der Waals surface area contributed by atoms with Crippen LogP contribution in [0.4, 0.5) is 0 Å². The van der Waals surface area contributed by atoms with E-state index in [1.54, 1.807) is 38.4 Å². The third-order valence-corrected chi connectivity index (χ3v) is 2.02. The third kappa shape index (κ3) is 2.81. The summed E-state index contributed by atoms with van der Waals surface area (Å²) in [6, 6.07) is 3.00. The second-order valence-electron chi connectivity index (χ2n) is 3.24. The number of aromatic nitrogens is 1. The predicted molar refractivity (Wildman–Crippen MR) is 52.8 cm³/mol. The molecule has 2 atom stereocenters. The molecule has 1 aromatic rings. The normalized spacial score (nSPS) is 14.5. The minimum atomic E-state index is -0.555. The molecule has 4 nitrogen and oxygen atoms in total. The molecule has 1 heterocycles. The summed E-state index contributed by atoms with van der Waals surface area (Å²) in [6.45, 7) is 3.39. The van der Waals surface area contributed by atoms with Gasteiger partial charge in [-0.1, -0.05) is 0 Å². The fourth-order valence-corrected chi connectivity index (χ4v) is 0.914. The van der Waals surface area contributed by atoms with Crippen molar-refractivity contribution in [2.45, 2.75) is 26.0 Å². The number of nitrogens with one attached hydrogen (secondary N) is 1. The van der Waals surface area contributed by atoms with Gasteiger partial charge in [-0.05, 0) is 26.0 Å². The van der Waals surface area contributed by atoms with Crippen molar-refractivity contribution in [3.63, 3.8) is 0 Å². The molecule has 76 valence electrons. The number of hydrogen-bond acceptors (Lipinski definition) is 3. The van der Waals surface area contributed by atoms with Crippen molar-refractivity contribution < 1.29 is 9.90 Å². The summed E-state index contributed by atoms with van der Waals surface area (Å²) < 4.78 is 0. The molecule has 2 unspecified atom stereocenters. The van der Waals surface area contributed by atoms with Gasteiger partial charge in [-0.2, -0.15) is 0 Å². The van der Waals surface area contributed by atoms with Gasteiger partial charge in [0.2, 0.25) is 0 Å². The summed E-state index contributed by atoms with van der Waals surface area (Å²) in [6.07, 6.45) is 2.56. The minimum Gasteiger partial charge on any atom is -0.391 e. The summed E-state index contributed by atoms with van der Waals surface area (Å²) in [5.41, 5.74) is 0.549. The van der Waals surface area contributed by atoms with Crippen molar-refractivity contribution >= 4 is 5.91 Å². The van der Waals surface area contributed by atoms with Gasteiger partial charge in [-0.3, -0.25) is 9.78 Å². The quantitative estimate of drug-likeness (QED) is 0.740. The fourth-order valence-electron chi connectivity index (χ4n) is 0.914. The molecule has 0 spiro atoms. The van der Waals surface area contributed by atoms with Crippen LogP contribution in [-0.2, 0) is 0 Å². The van der Waals surface area contributed by atoms with Gasteiger partial charge < -0.3 is 10.4 Å². The molecule has 0 saturated heterocycles. The van der Waals surface area contributed by atoms with E-state index >= 15 is 0 Å². The van der Waals surface area contributed by atoms with E-state index in [-0.39, 0.29) is 11.9 Å². The van der Waals surface area contributed by atoms with Crippen molar-refractivity contribution in [2.75, 3.05) is 0 Å². The highest BCUT2D eigenvalue weighted by atomic mass is 16.3. The summed E-state index contributed by atoms with van der Waals surface area (Å²) in [5, 5.41) is 11.9. The summed E-state index contributed by atoms with van der Waals surface area (Å²) in [7, 11) is 0. The average Bonchev–Trinajstić information content (AvgIpc) is 2.19. The smallest absolute Gasteiger partial charge is 0.251 e. The summed E-state index contributed by atoms with van der Waals surface area (Å²) in [4.78, 5) is 15.3. The number of aliphatic hydroxyl groups is 1. The monoisotopic (exact) mass is 194 g/mol. The highest BCUT2D eigenvalue weighted by Gasteiger charge is 2.12. The van der Waals surface area contributed by atoms with E-state index in [1.165, 1.54) is 0 Å². The van der Waals surface area contributed by atoms with E-state index in [0.717, 1.165) is 0 Å². The number of nitrogens with zero attached hydrogens (tertiary/aromatic N) is 1. The van der Waals surface area contributed by atoms with Crippen LogP contribution >= 0.6 is 0 Å². The first-order valence-corrected chi connectivity index (χ1v) is 4.50. The highest BCUT2D eigenvalue weighted by Crippen LogP contribution is 1.98. The molecule has 0 fully saturated rings. The zero-order chi connectivity index (χ0) is 10.6. The Morgan fingerprint density at radius 2 is 2.00 bits per heavy atom. The number of carbonyl (C=O) groups excluding carboxylic acids is 1. The van der Waals surface area contributed by atoms with Gasteiger partial charge in [0, 0.05) is 18.0 Å². The molecule has 0 aliphatic rings. The molecule has 0 aliphatic heterocycles. The van der Waals surface area contributed by atoms with E-state index < -0.39 is 6.10 Å². The molecule has 1 rings (SSSR count). The lowest BCUT2D eigenvalue weighted by atomic mass is 10.2. The second-order valence-corrected chi connectivity index (χ2v) is 3.24. The zero-order valence-corrected chi connectivity index (χ0v) is 8.27. The van der Waals surface area contributed by atoms with Crippen LogP contribution < -0.4 is 5.32 Å². The molecular formula is C10H14N2O2. The topological polar surface area (TPSA) is 62.2 Å². The maximum absolute atomic E-state index is 11.5. The SMILES string of the molecule is CC(O)C(C)NC(=O)c1ccncc1. The van der Waals surface area contributed by atoms with Crippen LogP contribution in [0.2, 0.25) is 0 Å². The van der Waals surface area contributed by atoms with Gasteiger partial charge in [-0.25, -0.2) is 0 Å². The first-order chi connectivity index (χ1) is 6.61. The first-order valence-electron chi connectivity index (χ1n) is 4.50. The Morgan fingerprint density at radius 1 is 1.43 bits per heavy atom. The fraction of sp³-hybridized carbons (Fsp3) is 0.400. The Kier molecular flexibility index (Phi) is 3.59. The number of rotatable bonds is 3. The Balaban J connectivity index is 2.60. The van der Waals surface area contributed by atoms with Crippen molar-refractivity contribution in [3.05, 3.63) is 30.1 Å². The molecule has 0 saturated carbocycles. The maximum atomic E-state index is 11.5. The zero-order valence-electron chi connectivity index (χ0n) is 8.27. The lowest BCUT2D eigenvalue weighted by Crippen LogP contribution is -2.39. The molecule has 2 N–H and O–H groups in total. The first kappa shape index (κ1) is 10.7. The molecule has 4 heteroatoms. The Bertz CT molecular complexity index is 298. The van der Waals surface area contributed by atoms with E-state index in [1.807, 2.05) is 0 Å². The van der Waals surface area contributed by atoms with Gasteiger partial charge >= 0.3 is 0 Å². The number of carbonyl (C=O) groups is 1.